The van der Waals surface area contributed by atoms with Crippen molar-refractivity contribution < 1.29 is 14.0 Å². The van der Waals surface area contributed by atoms with Crippen LogP contribution in [0.4, 0.5) is 20.6 Å². The molecule has 2 aromatic heterocycles. The van der Waals surface area contributed by atoms with Gasteiger partial charge in [-0.05, 0) is 72.8 Å². The molecule has 170 valence electrons. The molecule has 2 amide bonds. The fourth-order valence-corrected chi connectivity index (χ4v) is 3.54. The number of ketones is 1. The second-order valence-corrected chi connectivity index (χ2v) is 7.70. The molecule has 0 fully saturated rings. The molecule has 5 rings (SSSR count). The van der Waals surface area contributed by atoms with Crippen molar-refractivity contribution in [1.82, 2.24) is 15.0 Å². The molecule has 0 unspecified atom stereocenters. The minimum absolute atomic E-state index is 0.184. The molecule has 8 heteroatoms. The van der Waals surface area contributed by atoms with Crippen molar-refractivity contribution in [2.45, 2.75) is 0 Å². The molecule has 0 radical (unpaired) electrons. The highest BCUT2D eigenvalue weighted by Crippen LogP contribution is 2.21. The van der Waals surface area contributed by atoms with Crippen molar-refractivity contribution in [2.24, 2.45) is 0 Å². The first-order chi connectivity index (χ1) is 17.0. The number of carbonyl (C=O) groups is 2. The number of hydrogen-bond acceptors (Lipinski definition) is 5. The lowest BCUT2D eigenvalue weighted by molar-refractivity contribution is 0.103. The number of nitrogens with zero attached hydrogens (tertiary/aromatic N) is 3. The van der Waals surface area contributed by atoms with E-state index in [4.69, 9.17) is 0 Å². The molecule has 0 atom stereocenters. The molecule has 0 saturated carbocycles. The van der Waals surface area contributed by atoms with Crippen LogP contribution in [0.2, 0.25) is 0 Å². The van der Waals surface area contributed by atoms with Crippen molar-refractivity contribution in [3.05, 3.63) is 114 Å². The van der Waals surface area contributed by atoms with Gasteiger partial charge in [0.15, 0.2) is 5.78 Å². The van der Waals surface area contributed by atoms with Gasteiger partial charge in [-0.1, -0.05) is 6.07 Å². The molecule has 0 saturated heterocycles. The van der Waals surface area contributed by atoms with E-state index < -0.39 is 11.8 Å². The zero-order valence-electron chi connectivity index (χ0n) is 18.3. The van der Waals surface area contributed by atoms with Crippen molar-refractivity contribution >= 4 is 34.2 Å². The first kappa shape index (κ1) is 21.8. The molecule has 3 aromatic carbocycles. The van der Waals surface area contributed by atoms with Gasteiger partial charge in [-0.25, -0.2) is 14.2 Å². The number of anilines is 2. The van der Waals surface area contributed by atoms with Crippen molar-refractivity contribution in [3.63, 3.8) is 0 Å². The maximum absolute atomic E-state index is 13.3. The maximum Gasteiger partial charge on any atom is 0.323 e. The summed E-state index contributed by atoms with van der Waals surface area (Å²) in [6.07, 6.45) is 5.07. The molecule has 0 aliphatic heterocycles. The fraction of sp³-hybridized carbons (Fsp3) is 0. The van der Waals surface area contributed by atoms with Crippen LogP contribution in [-0.2, 0) is 0 Å². The van der Waals surface area contributed by atoms with Gasteiger partial charge < -0.3 is 10.6 Å². The number of urea groups is 1. The summed E-state index contributed by atoms with van der Waals surface area (Å²) in [4.78, 5) is 38.4. The summed E-state index contributed by atoms with van der Waals surface area (Å²) in [6.45, 7) is 0. The molecule has 7 nitrogen and oxygen atoms in total. The first-order valence-corrected chi connectivity index (χ1v) is 10.7. The molecule has 5 aromatic rings. The smallest absolute Gasteiger partial charge is 0.308 e. The lowest BCUT2D eigenvalue weighted by Crippen LogP contribution is -2.19. The highest BCUT2D eigenvalue weighted by molar-refractivity contribution is 6.10. The number of aromatic nitrogens is 3. The third kappa shape index (κ3) is 5.01. The van der Waals surface area contributed by atoms with Gasteiger partial charge >= 0.3 is 6.03 Å². The summed E-state index contributed by atoms with van der Waals surface area (Å²) in [5.74, 6) is -0.630. The van der Waals surface area contributed by atoms with E-state index in [1.54, 1.807) is 67.1 Å². The van der Waals surface area contributed by atoms with Gasteiger partial charge in [-0.3, -0.25) is 14.8 Å². The molecule has 0 spiro atoms. The summed E-state index contributed by atoms with van der Waals surface area (Å²) in [5.41, 5.74) is 4.53. The maximum atomic E-state index is 13.3. The van der Waals surface area contributed by atoms with Crippen LogP contribution in [-0.4, -0.2) is 26.8 Å². The molecule has 35 heavy (non-hydrogen) atoms. The van der Waals surface area contributed by atoms with Gasteiger partial charge in [0.05, 0.1) is 22.9 Å². The minimum Gasteiger partial charge on any atom is -0.308 e. The molecule has 0 aliphatic rings. The topological polar surface area (TPSA) is 96.9 Å². The van der Waals surface area contributed by atoms with E-state index in [0.29, 0.717) is 39.2 Å². The summed E-state index contributed by atoms with van der Waals surface area (Å²) in [5, 5.41) is 5.21. The summed E-state index contributed by atoms with van der Waals surface area (Å²) < 4.78 is 13.3. The number of pyridine rings is 1. The normalized spacial score (nSPS) is 10.7. The summed E-state index contributed by atoms with van der Waals surface area (Å²) in [6, 6.07) is 20.5. The lowest BCUT2D eigenvalue weighted by atomic mass is 10.0. The van der Waals surface area contributed by atoms with E-state index in [1.165, 1.54) is 18.2 Å². The van der Waals surface area contributed by atoms with E-state index >= 15 is 0 Å². The van der Waals surface area contributed by atoms with Crippen LogP contribution >= 0.6 is 0 Å². The predicted octanol–water partition coefficient (Wildman–Crippen LogP) is 5.71. The van der Waals surface area contributed by atoms with Gasteiger partial charge in [0, 0.05) is 40.5 Å². The molecular formula is C27H18FN5O2. The third-order valence-electron chi connectivity index (χ3n) is 5.25. The van der Waals surface area contributed by atoms with Gasteiger partial charge in [-0.15, -0.1) is 0 Å². The zero-order chi connectivity index (χ0) is 24.2. The van der Waals surface area contributed by atoms with E-state index in [0.717, 1.165) is 5.56 Å². The van der Waals surface area contributed by atoms with Crippen LogP contribution in [0.5, 0.6) is 0 Å². The number of benzene rings is 3. The van der Waals surface area contributed by atoms with Gasteiger partial charge in [0.1, 0.15) is 5.82 Å². The monoisotopic (exact) mass is 463 g/mol. The number of halogens is 1. The minimum atomic E-state index is -0.521. The molecular weight excluding hydrogens is 445 g/mol. The van der Waals surface area contributed by atoms with Gasteiger partial charge in [-0.2, -0.15) is 0 Å². The number of amides is 2. The number of carbonyl (C=O) groups excluding carboxylic acids is 2. The Labute approximate surface area is 199 Å². The Balaban J connectivity index is 1.31. The summed E-state index contributed by atoms with van der Waals surface area (Å²) >= 11 is 0. The SMILES string of the molecule is O=C(Nc1ccc(C(=O)c2ccc3ncc(-c4cccnc4)nc3c2)cc1)Nc1cccc(F)c1. The Morgan fingerprint density at radius 3 is 2.31 bits per heavy atom. The second kappa shape index (κ2) is 9.48. The van der Waals surface area contributed by atoms with E-state index in [1.807, 2.05) is 12.1 Å². The average Bonchev–Trinajstić information content (AvgIpc) is 2.88. The fourth-order valence-electron chi connectivity index (χ4n) is 3.54. The van der Waals surface area contributed by atoms with Crippen LogP contribution < -0.4 is 10.6 Å². The van der Waals surface area contributed by atoms with Crippen molar-refractivity contribution in [2.75, 3.05) is 10.6 Å². The molecule has 2 N–H and O–H groups in total. The predicted molar refractivity (Wildman–Crippen MR) is 132 cm³/mol. The Bertz CT molecular complexity index is 1540. The van der Waals surface area contributed by atoms with Crippen molar-refractivity contribution in [3.8, 4) is 11.3 Å². The van der Waals surface area contributed by atoms with Crippen LogP contribution in [0.1, 0.15) is 15.9 Å². The van der Waals surface area contributed by atoms with Gasteiger partial charge in [0.2, 0.25) is 0 Å². The third-order valence-corrected chi connectivity index (χ3v) is 5.25. The second-order valence-electron chi connectivity index (χ2n) is 7.70. The molecule has 2 heterocycles. The summed E-state index contributed by atoms with van der Waals surface area (Å²) in [7, 11) is 0. The standard InChI is InChI=1S/C27H18FN5O2/c28-20-4-1-5-22(14-20)32-27(35)31-21-9-6-17(7-10-21)26(34)18-8-11-23-24(13-18)33-25(16-30-23)19-3-2-12-29-15-19/h1-16H,(H2,31,32,35). The molecule has 0 bridgehead atoms. The Kier molecular flexibility index (Phi) is 5.92. The number of fused-ring (bicyclic) bond motifs is 1. The zero-order valence-corrected chi connectivity index (χ0v) is 18.3. The Hall–Kier alpha value is -4.98. The van der Waals surface area contributed by atoms with Crippen molar-refractivity contribution in [1.29, 1.82) is 0 Å². The van der Waals surface area contributed by atoms with Crippen LogP contribution in [0.15, 0.2) is 97.5 Å². The van der Waals surface area contributed by atoms with Gasteiger partial charge in [0.25, 0.3) is 0 Å². The first-order valence-electron chi connectivity index (χ1n) is 10.7. The van der Waals surface area contributed by atoms with Crippen LogP contribution in [0.3, 0.4) is 0 Å². The van der Waals surface area contributed by atoms with Crippen LogP contribution in [0, 0.1) is 5.82 Å². The Morgan fingerprint density at radius 1 is 0.743 bits per heavy atom. The number of hydrogen-bond donors (Lipinski definition) is 2. The van der Waals surface area contributed by atoms with E-state index in [-0.39, 0.29) is 5.78 Å². The quantitative estimate of drug-likeness (QED) is 0.326. The van der Waals surface area contributed by atoms with Crippen LogP contribution in [0.25, 0.3) is 22.3 Å². The lowest BCUT2D eigenvalue weighted by Gasteiger charge is -2.09. The average molecular weight is 463 g/mol. The number of nitrogens with one attached hydrogen (secondary N) is 2. The molecule has 0 aliphatic carbocycles. The number of rotatable bonds is 5. The highest BCUT2D eigenvalue weighted by atomic mass is 19.1. The van der Waals surface area contributed by atoms with E-state index in [2.05, 4.69) is 25.6 Å². The Morgan fingerprint density at radius 2 is 1.54 bits per heavy atom. The van der Waals surface area contributed by atoms with E-state index in [9.17, 15) is 14.0 Å². The highest BCUT2D eigenvalue weighted by Gasteiger charge is 2.12. The largest absolute Gasteiger partial charge is 0.323 e.